The highest BCUT2D eigenvalue weighted by molar-refractivity contribution is 6.33. The van der Waals surface area contributed by atoms with E-state index in [-0.39, 0.29) is 12.3 Å². The van der Waals surface area contributed by atoms with Crippen LogP contribution in [0.5, 0.6) is 0 Å². The van der Waals surface area contributed by atoms with Crippen LogP contribution >= 0.6 is 11.6 Å². The average molecular weight is 304 g/mol. The van der Waals surface area contributed by atoms with Crippen LogP contribution in [0.15, 0.2) is 54.6 Å². The van der Waals surface area contributed by atoms with E-state index < -0.39 is 11.9 Å². The maximum absolute atomic E-state index is 12.0. The monoisotopic (exact) mass is 303 g/mol. The molecule has 0 saturated carbocycles. The first-order chi connectivity index (χ1) is 10.1. The second-order valence-corrected chi connectivity index (χ2v) is 4.94. The Balaban J connectivity index is 2.10. The summed E-state index contributed by atoms with van der Waals surface area (Å²) >= 11 is 5.95. The summed E-state index contributed by atoms with van der Waals surface area (Å²) < 4.78 is 0. The topological polar surface area (TPSA) is 66.4 Å². The van der Waals surface area contributed by atoms with Gasteiger partial charge in [-0.15, -0.1) is 0 Å². The molecule has 0 heterocycles. The van der Waals surface area contributed by atoms with Gasteiger partial charge in [0, 0.05) is 6.42 Å². The number of rotatable bonds is 5. The van der Waals surface area contributed by atoms with Gasteiger partial charge in [0.1, 0.15) is 0 Å². The van der Waals surface area contributed by atoms with E-state index in [0.29, 0.717) is 16.3 Å². The summed E-state index contributed by atoms with van der Waals surface area (Å²) in [5.41, 5.74) is 1.07. The molecular weight excluding hydrogens is 290 g/mol. The second-order valence-electron chi connectivity index (χ2n) is 4.53. The molecule has 2 aromatic carbocycles. The van der Waals surface area contributed by atoms with Gasteiger partial charge in [0.05, 0.1) is 16.6 Å². The van der Waals surface area contributed by atoms with Crippen molar-refractivity contribution in [3.05, 3.63) is 65.2 Å². The van der Waals surface area contributed by atoms with Crippen LogP contribution in [0.2, 0.25) is 5.02 Å². The van der Waals surface area contributed by atoms with Gasteiger partial charge in [0.2, 0.25) is 5.91 Å². The number of nitrogens with one attached hydrogen (secondary N) is 1. The van der Waals surface area contributed by atoms with E-state index in [0.717, 1.165) is 0 Å². The van der Waals surface area contributed by atoms with Crippen LogP contribution in [-0.2, 0) is 9.59 Å². The minimum Gasteiger partial charge on any atom is -0.481 e. The van der Waals surface area contributed by atoms with E-state index in [2.05, 4.69) is 5.32 Å². The van der Waals surface area contributed by atoms with Crippen LogP contribution in [0.25, 0.3) is 0 Å². The molecular formula is C16H14ClNO3. The molecule has 0 aromatic heterocycles. The zero-order chi connectivity index (χ0) is 15.2. The number of carboxylic acids is 1. The molecule has 2 N–H and O–H groups in total. The number of carbonyl (C=O) groups excluding carboxylic acids is 1. The largest absolute Gasteiger partial charge is 0.481 e. The second kappa shape index (κ2) is 6.90. The Morgan fingerprint density at radius 2 is 1.67 bits per heavy atom. The number of para-hydroxylation sites is 1. The van der Waals surface area contributed by atoms with Gasteiger partial charge in [-0.25, -0.2) is 0 Å². The van der Waals surface area contributed by atoms with Gasteiger partial charge in [-0.1, -0.05) is 54.1 Å². The summed E-state index contributed by atoms with van der Waals surface area (Å²) in [6, 6.07) is 15.5. The Hall–Kier alpha value is -2.33. The molecule has 0 aliphatic heterocycles. The molecule has 0 unspecified atom stereocenters. The number of carboxylic acid groups (broad SMARTS) is 1. The molecule has 0 aliphatic carbocycles. The number of halogens is 1. The molecule has 1 amide bonds. The molecule has 0 radical (unpaired) electrons. The lowest BCUT2D eigenvalue weighted by Gasteiger charge is -2.13. The van der Waals surface area contributed by atoms with E-state index in [4.69, 9.17) is 11.6 Å². The number of aliphatic carboxylic acids is 1. The number of hydrogen-bond donors (Lipinski definition) is 2. The highest BCUT2D eigenvalue weighted by atomic mass is 35.5. The molecule has 0 bridgehead atoms. The summed E-state index contributed by atoms with van der Waals surface area (Å²) in [5, 5.41) is 12.3. The van der Waals surface area contributed by atoms with Crippen molar-refractivity contribution >= 4 is 29.2 Å². The van der Waals surface area contributed by atoms with Crippen molar-refractivity contribution in [1.82, 2.24) is 0 Å². The highest BCUT2D eigenvalue weighted by Gasteiger charge is 2.23. The molecule has 108 valence electrons. The van der Waals surface area contributed by atoms with Crippen LogP contribution in [0, 0.1) is 0 Å². The number of benzene rings is 2. The predicted molar refractivity (Wildman–Crippen MR) is 81.5 cm³/mol. The Morgan fingerprint density at radius 1 is 1.05 bits per heavy atom. The van der Waals surface area contributed by atoms with Crippen molar-refractivity contribution in [1.29, 1.82) is 0 Å². The number of anilines is 1. The van der Waals surface area contributed by atoms with Crippen molar-refractivity contribution in [2.24, 2.45) is 0 Å². The smallest absolute Gasteiger partial charge is 0.311 e. The summed E-state index contributed by atoms with van der Waals surface area (Å²) in [5.74, 6) is -2.30. The van der Waals surface area contributed by atoms with Crippen molar-refractivity contribution in [3.63, 3.8) is 0 Å². The maximum Gasteiger partial charge on any atom is 0.311 e. The van der Waals surface area contributed by atoms with E-state index in [1.165, 1.54) is 0 Å². The molecule has 2 aromatic rings. The third-order valence-corrected chi connectivity index (χ3v) is 3.37. The summed E-state index contributed by atoms with van der Waals surface area (Å²) in [6.45, 7) is 0. The van der Waals surface area contributed by atoms with Crippen LogP contribution < -0.4 is 5.32 Å². The Morgan fingerprint density at radius 3 is 2.29 bits per heavy atom. The first-order valence-electron chi connectivity index (χ1n) is 6.40. The third kappa shape index (κ3) is 4.07. The standard InChI is InChI=1S/C16H14ClNO3/c17-13-8-4-5-9-14(13)18-15(19)10-12(16(20)21)11-6-2-1-3-7-11/h1-9,12H,10H2,(H,18,19)(H,20,21)/t12-/m1/s1. The quantitative estimate of drug-likeness (QED) is 0.888. The molecule has 5 heteroatoms. The fourth-order valence-corrected chi connectivity index (χ4v) is 2.17. The van der Waals surface area contributed by atoms with Crippen molar-refractivity contribution in [3.8, 4) is 0 Å². The van der Waals surface area contributed by atoms with Crippen LogP contribution in [0.4, 0.5) is 5.69 Å². The van der Waals surface area contributed by atoms with Gasteiger partial charge < -0.3 is 10.4 Å². The Labute approximate surface area is 127 Å². The molecule has 0 saturated heterocycles. The van der Waals surface area contributed by atoms with Crippen molar-refractivity contribution < 1.29 is 14.7 Å². The number of carbonyl (C=O) groups is 2. The zero-order valence-electron chi connectivity index (χ0n) is 11.1. The predicted octanol–water partition coefficient (Wildman–Crippen LogP) is 3.54. The highest BCUT2D eigenvalue weighted by Crippen LogP contribution is 2.23. The Bertz CT molecular complexity index is 643. The fraction of sp³-hybridized carbons (Fsp3) is 0.125. The molecule has 4 nitrogen and oxygen atoms in total. The fourth-order valence-electron chi connectivity index (χ4n) is 1.98. The Kier molecular flexibility index (Phi) is 4.95. The third-order valence-electron chi connectivity index (χ3n) is 3.04. The summed E-state index contributed by atoms with van der Waals surface area (Å²) in [6.07, 6.45) is -0.148. The molecule has 21 heavy (non-hydrogen) atoms. The van der Waals surface area contributed by atoms with Gasteiger partial charge in [-0.2, -0.15) is 0 Å². The average Bonchev–Trinajstić information content (AvgIpc) is 2.48. The van der Waals surface area contributed by atoms with E-state index in [9.17, 15) is 14.7 Å². The normalized spacial score (nSPS) is 11.7. The van der Waals surface area contributed by atoms with E-state index >= 15 is 0 Å². The van der Waals surface area contributed by atoms with Crippen molar-refractivity contribution in [2.75, 3.05) is 5.32 Å². The van der Waals surface area contributed by atoms with Crippen LogP contribution in [0.1, 0.15) is 17.9 Å². The minimum absolute atomic E-state index is 0.148. The minimum atomic E-state index is -1.03. The molecule has 0 aliphatic rings. The lowest BCUT2D eigenvalue weighted by Crippen LogP contribution is -2.21. The van der Waals surface area contributed by atoms with E-state index in [1.54, 1.807) is 54.6 Å². The van der Waals surface area contributed by atoms with Gasteiger partial charge in [0.15, 0.2) is 0 Å². The molecule has 0 fully saturated rings. The van der Waals surface area contributed by atoms with Gasteiger partial charge in [-0.3, -0.25) is 9.59 Å². The molecule has 0 spiro atoms. The number of hydrogen-bond acceptors (Lipinski definition) is 2. The molecule has 2 rings (SSSR count). The van der Waals surface area contributed by atoms with Gasteiger partial charge >= 0.3 is 5.97 Å². The van der Waals surface area contributed by atoms with Crippen LogP contribution in [0.3, 0.4) is 0 Å². The summed E-state index contributed by atoms with van der Waals surface area (Å²) in [4.78, 5) is 23.4. The van der Waals surface area contributed by atoms with Gasteiger partial charge in [0.25, 0.3) is 0 Å². The molecule has 1 atom stereocenters. The SMILES string of the molecule is O=C(C[C@@H](C(=O)O)c1ccccc1)Nc1ccccc1Cl. The number of amides is 1. The lowest BCUT2D eigenvalue weighted by molar-refractivity contribution is -0.140. The maximum atomic E-state index is 12.0. The van der Waals surface area contributed by atoms with Crippen molar-refractivity contribution in [2.45, 2.75) is 12.3 Å². The van der Waals surface area contributed by atoms with Crippen LogP contribution in [-0.4, -0.2) is 17.0 Å². The zero-order valence-corrected chi connectivity index (χ0v) is 11.9. The first-order valence-corrected chi connectivity index (χ1v) is 6.78. The first kappa shape index (κ1) is 15.1. The lowest BCUT2D eigenvalue weighted by atomic mass is 9.95. The van der Waals surface area contributed by atoms with E-state index in [1.807, 2.05) is 0 Å². The summed E-state index contributed by atoms with van der Waals surface area (Å²) in [7, 11) is 0. The van der Waals surface area contributed by atoms with Gasteiger partial charge in [-0.05, 0) is 17.7 Å².